The molecule has 1 aliphatic rings. The van der Waals surface area contributed by atoms with E-state index in [0.29, 0.717) is 0 Å². The van der Waals surface area contributed by atoms with Crippen molar-refractivity contribution in [2.24, 2.45) is 5.92 Å². The van der Waals surface area contributed by atoms with E-state index >= 15 is 0 Å². The van der Waals surface area contributed by atoms with E-state index in [-0.39, 0.29) is 367 Å². The summed E-state index contributed by atoms with van der Waals surface area (Å²) in [4.78, 5) is 0. The minimum absolute atomic E-state index is 0. The molecule has 65 valence electrons. The topological polar surface area (TPSA) is 0 Å². The summed E-state index contributed by atoms with van der Waals surface area (Å²) < 4.78 is 0. The second kappa shape index (κ2) is 63.1. The summed E-state index contributed by atoms with van der Waals surface area (Å²) in [6.45, 7) is 3.75. The van der Waals surface area contributed by atoms with Gasteiger partial charge in [0, 0.05) is 360 Å². The monoisotopic (exact) mass is 1050 g/mol. The van der Waals surface area contributed by atoms with Gasteiger partial charge in [-0.25, -0.2) is 0 Å². The molecule has 0 nitrogen and oxygen atoms in total. The van der Waals surface area contributed by atoms with E-state index in [4.69, 9.17) is 0 Å². The summed E-state index contributed by atoms with van der Waals surface area (Å²) in [5.41, 5.74) is 0. The predicted octanol–water partition coefficient (Wildman–Crippen LogP) is 1.65. The van der Waals surface area contributed by atoms with Crippen LogP contribution in [0.3, 0.4) is 0 Å². The molecule has 16 heavy (non-hydrogen) atoms. The Hall–Kier alpha value is 12.1. The first kappa shape index (κ1) is 79.6. The van der Waals surface area contributed by atoms with Crippen LogP contribution in [-0.4, -0.2) is 0 Å². The molecule has 0 atom stereocenters. The minimum atomic E-state index is 0. The molecule has 0 amide bonds. The second-order valence-corrected chi connectivity index (χ2v) is 1.44. The maximum absolute atomic E-state index is 3.75. The van der Waals surface area contributed by atoms with Crippen LogP contribution in [0.1, 0.15) is 12.8 Å². The molecule has 0 N–H and O–H groups in total. The van der Waals surface area contributed by atoms with Crippen molar-refractivity contribution in [2.75, 3.05) is 0 Å². The Labute approximate surface area is 379 Å². The van der Waals surface area contributed by atoms with Crippen molar-refractivity contribution < 1.29 is 360 Å². The van der Waals surface area contributed by atoms with Crippen molar-refractivity contribution in [3.8, 4) is 0 Å². The Balaban J connectivity index is -0.00000000133. The van der Waals surface area contributed by atoms with E-state index in [1.165, 1.54) is 12.8 Å². The fourth-order valence-corrected chi connectivity index (χ4v) is 0.118. The normalized spacial score (nSPS) is 6.56. The average molecular weight is 1050 g/mol. The third kappa shape index (κ3) is 72.1. The zero-order valence-corrected chi connectivity index (χ0v) is 41.3. The molecule has 0 saturated heterocycles. The molecular formula is C5H10Y11-2. The molecule has 0 aromatic rings. The summed E-state index contributed by atoms with van der Waals surface area (Å²) in [6, 6.07) is 0. The molecule has 11 radical (unpaired) electrons. The van der Waals surface area contributed by atoms with Crippen LogP contribution in [-0.2, 0) is 360 Å². The maximum atomic E-state index is 3.75. The second-order valence-electron chi connectivity index (χ2n) is 1.44. The summed E-state index contributed by atoms with van der Waals surface area (Å²) >= 11 is 0. The van der Waals surface area contributed by atoms with Crippen LogP contribution in [0, 0.1) is 20.3 Å². The van der Waals surface area contributed by atoms with Gasteiger partial charge in [0.1, 0.15) is 0 Å². The first-order valence-corrected chi connectivity index (χ1v) is 1.72. The fourth-order valence-electron chi connectivity index (χ4n) is 0.118. The molecular weight excluding hydrogens is 1040 g/mol. The van der Waals surface area contributed by atoms with E-state index in [1.807, 2.05) is 0 Å². The van der Waals surface area contributed by atoms with Gasteiger partial charge >= 0.3 is 0 Å². The third-order valence-electron chi connectivity index (χ3n) is 0.697. The minimum Gasteiger partial charge on any atom is -0.358 e. The van der Waals surface area contributed by atoms with Gasteiger partial charge in [0.15, 0.2) is 0 Å². The number of hydrogen-bond donors (Lipinski definition) is 0. The van der Waals surface area contributed by atoms with Crippen LogP contribution in [0.15, 0.2) is 0 Å². The molecule has 0 unspecified atom stereocenters. The van der Waals surface area contributed by atoms with Crippen LogP contribution < -0.4 is 0 Å². The molecule has 0 aromatic carbocycles. The van der Waals surface area contributed by atoms with Crippen LogP contribution in [0.5, 0.6) is 0 Å². The summed E-state index contributed by atoms with van der Waals surface area (Å²) in [7, 11) is 0. The molecule has 0 heterocycles. The molecule has 1 fully saturated rings. The quantitative estimate of drug-likeness (QED) is 0.325. The van der Waals surface area contributed by atoms with Crippen molar-refractivity contribution in [3.05, 3.63) is 14.4 Å². The van der Waals surface area contributed by atoms with Crippen molar-refractivity contribution in [1.82, 2.24) is 0 Å². The molecule has 1 rings (SSSR count). The van der Waals surface area contributed by atoms with Crippen molar-refractivity contribution in [1.29, 1.82) is 0 Å². The third-order valence-corrected chi connectivity index (χ3v) is 0.697. The van der Waals surface area contributed by atoms with Gasteiger partial charge in [-0.05, 0) is 0 Å². The number of hydrogen-bond acceptors (Lipinski definition) is 0. The molecule has 0 aromatic heterocycles. The average Bonchev–Trinajstić information content (AvgIpc) is 1.75. The van der Waals surface area contributed by atoms with E-state index in [0.717, 1.165) is 5.92 Å². The van der Waals surface area contributed by atoms with Gasteiger partial charge in [-0.1, -0.05) is 12.8 Å². The SMILES string of the molecule is [CH2-]C1CC1.[CH3-].[Y].[Y].[Y].[Y].[Y].[Y].[Y].[Y].[Y].[Y].[Y]. The molecule has 1 saturated carbocycles. The van der Waals surface area contributed by atoms with Gasteiger partial charge in [0.05, 0.1) is 0 Å². The van der Waals surface area contributed by atoms with Gasteiger partial charge in [-0.2, -0.15) is 5.92 Å². The first-order valence-electron chi connectivity index (χ1n) is 1.72. The first-order chi connectivity index (χ1) is 1.89. The Morgan fingerprint density at radius 2 is 0.562 bits per heavy atom. The Morgan fingerprint density at radius 1 is 0.500 bits per heavy atom. The number of rotatable bonds is 0. The van der Waals surface area contributed by atoms with Crippen LogP contribution in [0.25, 0.3) is 0 Å². The van der Waals surface area contributed by atoms with Crippen molar-refractivity contribution in [2.45, 2.75) is 12.8 Å². The molecule has 0 bridgehead atoms. The zero-order valence-electron chi connectivity index (χ0n) is 10.0. The van der Waals surface area contributed by atoms with Crippen molar-refractivity contribution in [3.63, 3.8) is 0 Å². The predicted molar refractivity (Wildman–Crippen MR) is 24.5 cm³/mol. The van der Waals surface area contributed by atoms with E-state index in [1.54, 1.807) is 0 Å². The van der Waals surface area contributed by atoms with E-state index in [2.05, 4.69) is 6.92 Å². The zero-order chi connectivity index (χ0) is 2.99. The fraction of sp³-hybridized carbons (Fsp3) is 0.600. The Morgan fingerprint density at radius 3 is 0.562 bits per heavy atom. The Bertz CT molecular complexity index is 33.6. The standard InChI is InChI=1S/C4H7.CH3.11Y/c1-4-2-3-4;;;;;;;;;;;;/h4H,1-3H2;1H3;;;;;;;;;;;/q2*-1;;;;;;;;;;;. The van der Waals surface area contributed by atoms with Crippen LogP contribution >= 0.6 is 0 Å². The molecule has 0 aliphatic heterocycles. The van der Waals surface area contributed by atoms with Gasteiger partial charge in [-0.15, -0.1) is 0 Å². The molecule has 0 spiro atoms. The smallest absolute Gasteiger partial charge is 0 e. The summed E-state index contributed by atoms with van der Waals surface area (Å²) in [5.74, 6) is 0.833. The van der Waals surface area contributed by atoms with Gasteiger partial charge < -0.3 is 14.4 Å². The van der Waals surface area contributed by atoms with Gasteiger partial charge in [0.2, 0.25) is 0 Å². The largest absolute Gasteiger partial charge is 0.358 e. The Kier molecular flexibility index (Phi) is 314. The van der Waals surface area contributed by atoms with Gasteiger partial charge in [-0.3, -0.25) is 0 Å². The summed E-state index contributed by atoms with van der Waals surface area (Å²) in [5, 5.41) is 0. The summed E-state index contributed by atoms with van der Waals surface area (Å²) in [6.07, 6.45) is 2.75. The van der Waals surface area contributed by atoms with Crippen LogP contribution in [0.2, 0.25) is 0 Å². The van der Waals surface area contributed by atoms with Crippen molar-refractivity contribution >= 4 is 0 Å². The molecule has 11 heteroatoms. The van der Waals surface area contributed by atoms with Gasteiger partial charge in [0.25, 0.3) is 0 Å². The molecule has 1 aliphatic carbocycles. The van der Waals surface area contributed by atoms with E-state index in [9.17, 15) is 0 Å². The maximum Gasteiger partial charge on any atom is 0 e. The van der Waals surface area contributed by atoms with E-state index < -0.39 is 0 Å². The van der Waals surface area contributed by atoms with Crippen LogP contribution in [0.4, 0.5) is 0 Å².